The van der Waals surface area contributed by atoms with E-state index in [4.69, 9.17) is 6.42 Å². The molecule has 0 bridgehead atoms. The monoisotopic (exact) mass is 319 g/mol. The van der Waals surface area contributed by atoms with Gasteiger partial charge in [-0.05, 0) is 6.07 Å². The van der Waals surface area contributed by atoms with Gasteiger partial charge in [-0.1, -0.05) is 61.4 Å². The number of aliphatic hydroxyl groups is 1. The van der Waals surface area contributed by atoms with Crippen molar-refractivity contribution in [1.29, 1.82) is 0 Å². The summed E-state index contributed by atoms with van der Waals surface area (Å²) in [5.74, 6) is 0.649. The number of para-hydroxylation sites is 1. The molecule has 0 saturated heterocycles. The molecule has 0 fully saturated rings. The molecule has 1 N–H and O–H groups in total. The number of benzene rings is 2. The lowest BCUT2D eigenvalue weighted by molar-refractivity contribution is -0.139. The molecular formula is C20H17NO3. The van der Waals surface area contributed by atoms with Gasteiger partial charge >= 0.3 is 0 Å². The second-order valence-electron chi connectivity index (χ2n) is 5.83. The number of anilines is 1. The maximum Gasteiger partial charge on any atom is 0.265 e. The first-order valence-corrected chi connectivity index (χ1v) is 7.68. The van der Waals surface area contributed by atoms with Crippen LogP contribution in [-0.2, 0) is 10.4 Å². The number of rotatable bonds is 4. The van der Waals surface area contributed by atoms with Crippen molar-refractivity contribution in [2.24, 2.45) is 5.92 Å². The van der Waals surface area contributed by atoms with E-state index in [1.807, 2.05) is 0 Å². The zero-order valence-electron chi connectivity index (χ0n) is 13.3. The van der Waals surface area contributed by atoms with Crippen LogP contribution < -0.4 is 4.90 Å². The summed E-state index contributed by atoms with van der Waals surface area (Å²) in [6.07, 6.45) is 5.35. The Balaban J connectivity index is 2.07. The van der Waals surface area contributed by atoms with E-state index < -0.39 is 17.4 Å². The number of terminal acetylenes is 1. The lowest BCUT2D eigenvalue weighted by Crippen LogP contribution is -2.47. The van der Waals surface area contributed by atoms with Crippen LogP contribution >= 0.6 is 0 Å². The van der Waals surface area contributed by atoms with Gasteiger partial charge < -0.3 is 5.11 Å². The summed E-state index contributed by atoms with van der Waals surface area (Å²) < 4.78 is 0. The van der Waals surface area contributed by atoms with Gasteiger partial charge in [-0.25, -0.2) is 0 Å². The Bertz CT molecular complexity index is 837. The van der Waals surface area contributed by atoms with Gasteiger partial charge in [0.15, 0.2) is 11.4 Å². The van der Waals surface area contributed by atoms with Crippen LogP contribution in [-0.4, -0.2) is 23.3 Å². The summed E-state index contributed by atoms with van der Waals surface area (Å²) >= 11 is 0. The number of amides is 1. The third kappa shape index (κ3) is 2.22. The van der Waals surface area contributed by atoms with Crippen LogP contribution in [0, 0.1) is 18.3 Å². The van der Waals surface area contributed by atoms with Gasteiger partial charge in [0.1, 0.15) is 0 Å². The summed E-state index contributed by atoms with van der Waals surface area (Å²) in [5, 5.41) is 11.2. The van der Waals surface area contributed by atoms with Gasteiger partial charge in [-0.3, -0.25) is 14.5 Å². The predicted molar refractivity (Wildman–Crippen MR) is 91.5 cm³/mol. The van der Waals surface area contributed by atoms with Crippen LogP contribution in [0.1, 0.15) is 22.8 Å². The predicted octanol–water partition coefficient (Wildman–Crippen LogP) is 2.37. The van der Waals surface area contributed by atoms with Crippen molar-refractivity contribution in [3.63, 3.8) is 0 Å². The van der Waals surface area contributed by atoms with E-state index in [-0.39, 0.29) is 12.3 Å². The molecule has 0 radical (unpaired) electrons. The minimum absolute atomic E-state index is 0.0460. The molecule has 2 atom stereocenters. The van der Waals surface area contributed by atoms with Crippen LogP contribution in [0.5, 0.6) is 0 Å². The Morgan fingerprint density at radius 2 is 1.83 bits per heavy atom. The van der Waals surface area contributed by atoms with E-state index in [9.17, 15) is 14.7 Å². The maximum absolute atomic E-state index is 12.9. The van der Waals surface area contributed by atoms with E-state index in [0.717, 1.165) is 0 Å². The summed E-state index contributed by atoms with van der Waals surface area (Å²) in [7, 11) is 0. The number of nitrogens with zero attached hydrogens (tertiary/aromatic N) is 1. The minimum Gasteiger partial charge on any atom is -0.375 e. The molecular weight excluding hydrogens is 302 g/mol. The van der Waals surface area contributed by atoms with Crippen LogP contribution in [0.4, 0.5) is 5.69 Å². The van der Waals surface area contributed by atoms with Gasteiger partial charge in [0.05, 0.1) is 18.2 Å². The van der Waals surface area contributed by atoms with Gasteiger partial charge in [0, 0.05) is 11.1 Å². The van der Waals surface area contributed by atoms with Crippen molar-refractivity contribution < 1.29 is 14.7 Å². The lowest BCUT2D eigenvalue weighted by atomic mass is 9.79. The van der Waals surface area contributed by atoms with Crippen molar-refractivity contribution in [2.45, 2.75) is 12.5 Å². The molecule has 1 amide bonds. The lowest BCUT2D eigenvalue weighted by Gasteiger charge is -2.28. The topological polar surface area (TPSA) is 57.6 Å². The molecule has 2 aromatic carbocycles. The van der Waals surface area contributed by atoms with Crippen LogP contribution in [0.15, 0.2) is 54.6 Å². The first-order chi connectivity index (χ1) is 11.5. The van der Waals surface area contributed by atoms with Crippen molar-refractivity contribution in [3.8, 4) is 12.3 Å². The number of Topliss-reactive ketones (excluding diaryl/α,β-unsaturated/α-hetero) is 1. The molecule has 2 aromatic rings. The Hall–Kier alpha value is -2.90. The highest BCUT2D eigenvalue weighted by molar-refractivity contribution is 6.11. The van der Waals surface area contributed by atoms with Gasteiger partial charge in [0.2, 0.25) is 0 Å². The fourth-order valence-electron chi connectivity index (χ4n) is 3.17. The molecule has 0 aliphatic carbocycles. The van der Waals surface area contributed by atoms with E-state index in [1.54, 1.807) is 61.5 Å². The fraction of sp³-hybridized carbons (Fsp3) is 0.200. The number of hydrogen-bond acceptors (Lipinski definition) is 3. The van der Waals surface area contributed by atoms with Crippen molar-refractivity contribution in [2.75, 3.05) is 11.4 Å². The molecule has 0 spiro atoms. The van der Waals surface area contributed by atoms with Crippen LogP contribution in [0.3, 0.4) is 0 Å². The molecule has 0 aromatic heterocycles. The number of hydrogen-bond donors (Lipinski definition) is 1. The first-order valence-electron chi connectivity index (χ1n) is 7.68. The van der Waals surface area contributed by atoms with Gasteiger partial charge in [-0.15, -0.1) is 6.42 Å². The summed E-state index contributed by atoms with van der Waals surface area (Å²) in [4.78, 5) is 27.0. The van der Waals surface area contributed by atoms with Gasteiger partial charge in [-0.2, -0.15) is 0 Å². The van der Waals surface area contributed by atoms with Crippen LogP contribution in [0.2, 0.25) is 0 Å². The molecule has 4 heteroatoms. The van der Waals surface area contributed by atoms with Crippen molar-refractivity contribution in [3.05, 3.63) is 65.7 Å². The maximum atomic E-state index is 12.9. The fourth-order valence-corrected chi connectivity index (χ4v) is 3.17. The van der Waals surface area contributed by atoms with E-state index in [1.165, 1.54) is 4.90 Å². The second-order valence-corrected chi connectivity index (χ2v) is 5.83. The quantitative estimate of drug-likeness (QED) is 0.695. The summed E-state index contributed by atoms with van der Waals surface area (Å²) in [6, 6.07) is 15.5. The first kappa shape index (κ1) is 16.0. The zero-order valence-corrected chi connectivity index (χ0v) is 13.3. The Labute approximate surface area is 140 Å². The smallest absolute Gasteiger partial charge is 0.265 e. The molecule has 1 aliphatic rings. The highest BCUT2D eigenvalue weighted by atomic mass is 16.3. The van der Waals surface area contributed by atoms with E-state index in [2.05, 4.69) is 5.92 Å². The molecule has 24 heavy (non-hydrogen) atoms. The highest BCUT2D eigenvalue weighted by Crippen LogP contribution is 2.45. The molecule has 120 valence electrons. The standard InChI is InChI=1S/C20H17NO3/c1-3-13-21-17-12-8-7-11-16(17)20(24,19(21)23)14(2)18(22)15-9-5-4-6-10-15/h1,4-12,14,24H,13H2,2H3/t14-,20+/m1/s1. The Kier molecular flexibility index (Phi) is 3.96. The molecule has 0 saturated carbocycles. The summed E-state index contributed by atoms with van der Waals surface area (Å²) in [6.45, 7) is 1.62. The normalized spacial score (nSPS) is 20.4. The van der Waals surface area contributed by atoms with E-state index in [0.29, 0.717) is 16.8 Å². The van der Waals surface area contributed by atoms with Crippen LogP contribution in [0.25, 0.3) is 0 Å². The largest absolute Gasteiger partial charge is 0.375 e. The number of carbonyl (C=O) groups is 2. The molecule has 1 heterocycles. The van der Waals surface area contributed by atoms with Crippen molar-refractivity contribution in [1.82, 2.24) is 0 Å². The third-order valence-electron chi connectivity index (χ3n) is 4.50. The van der Waals surface area contributed by atoms with E-state index >= 15 is 0 Å². The average molecular weight is 319 g/mol. The number of carbonyl (C=O) groups excluding carboxylic acids is 2. The SMILES string of the molecule is C#CCN1C(=O)[C@](O)([C@H](C)C(=O)c2ccccc2)c2ccccc21. The van der Waals surface area contributed by atoms with Gasteiger partial charge in [0.25, 0.3) is 5.91 Å². The molecule has 1 aliphatic heterocycles. The Morgan fingerprint density at radius 1 is 1.21 bits per heavy atom. The Morgan fingerprint density at radius 3 is 2.50 bits per heavy atom. The zero-order chi connectivity index (χ0) is 17.3. The molecule has 4 nitrogen and oxygen atoms in total. The highest BCUT2D eigenvalue weighted by Gasteiger charge is 2.55. The third-order valence-corrected chi connectivity index (χ3v) is 4.50. The minimum atomic E-state index is -1.92. The van der Waals surface area contributed by atoms with Crippen molar-refractivity contribution >= 4 is 17.4 Å². The molecule has 3 rings (SSSR count). The number of fused-ring (bicyclic) bond motifs is 1. The molecule has 0 unspecified atom stereocenters. The number of ketones is 1. The second kappa shape index (κ2) is 5.95. The average Bonchev–Trinajstić information content (AvgIpc) is 2.85. The summed E-state index contributed by atoms with van der Waals surface area (Å²) in [5.41, 5.74) is -0.489.